The SMILES string of the molecule is CCCC[C@H](N)C(=O)NCCCN1CCCCC1. The van der Waals surface area contributed by atoms with Crippen LogP contribution in [0.2, 0.25) is 0 Å². The van der Waals surface area contributed by atoms with Gasteiger partial charge in [0, 0.05) is 6.54 Å². The first-order valence-electron chi connectivity index (χ1n) is 7.49. The number of rotatable bonds is 8. The molecule has 1 fully saturated rings. The molecule has 0 bridgehead atoms. The van der Waals surface area contributed by atoms with Gasteiger partial charge in [-0.05, 0) is 45.3 Å². The molecule has 4 nitrogen and oxygen atoms in total. The van der Waals surface area contributed by atoms with E-state index < -0.39 is 0 Å². The zero-order valence-corrected chi connectivity index (χ0v) is 11.8. The third kappa shape index (κ3) is 6.36. The van der Waals surface area contributed by atoms with Gasteiger partial charge >= 0.3 is 0 Å². The summed E-state index contributed by atoms with van der Waals surface area (Å²) in [5.41, 5.74) is 5.81. The van der Waals surface area contributed by atoms with Crippen LogP contribution in [0.5, 0.6) is 0 Å². The summed E-state index contributed by atoms with van der Waals surface area (Å²) < 4.78 is 0. The molecule has 1 aliphatic heterocycles. The second-order valence-corrected chi connectivity index (χ2v) is 5.30. The van der Waals surface area contributed by atoms with E-state index in [1.165, 1.54) is 32.4 Å². The van der Waals surface area contributed by atoms with Gasteiger partial charge in [-0.1, -0.05) is 26.2 Å². The number of unbranched alkanes of at least 4 members (excludes halogenated alkanes) is 1. The molecule has 1 atom stereocenters. The molecule has 0 saturated carbocycles. The van der Waals surface area contributed by atoms with Gasteiger partial charge in [-0.25, -0.2) is 0 Å². The Labute approximate surface area is 111 Å². The number of likely N-dealkylation sites (tertiary alicyclic amines) is 1. The van der Waals surface area contributed by atoms with Gasteiger partial charge in [0.2, 0.25) is 5.91 Å². The number of hydrogen-bond donors (Lipinski definition) is 2. The fourth-order valence-electron chi connectivity index (χ4n) is 2.38. The van der Waals surface area contributed by atoms with Crippen molar-refractivity contribution in [2.75, 3.05) is 26.2 Å². The lowest BCUT2D eigenvalue weighted by atomic mass is 10.1. The minimum absolute atomic E-state index is 0.0158. The highest BCUT2D eigenvalue weighted by atomic mass is 16.2. The Morgan fingerprint density at radius 1 is 1.28 bits per heavy atom. The molecule has 106 valence electrons. The van der Waals surface area contributed by atoms with Crippen LogP contribution in [0.25, 0.3) is 0 Å². The van der Waals surface area contributed by atoms with E-state index in [1.807, 2.05) is 0 Å². The van der Waals surface area contributed by atoms with Gasteiger partial charge in [-0.3, -0.25) is 4.79 Å². The van der Waals surface area contributed by atoms with Crippen molar-refractivity contribution in [1.82, 2.24) is 10.2 Å². The highest BCUT2D eigenvalue weighted by Gasteiger charge is 2.12. The smallest absolute Gasteiger partial charge is 0.236 e. The lowest BCUT2D eigenvalue weighted by Crippen LogP contribution is -2.41. The van der Waals surface area contributed by atoms with Crippen LogP contribution in [0.15, 0.2) is 0 Å². The number of nitrogens with two attached hydrogens (primary N) is 1. The molecule has 0 radical (unpaired) electrons. The minimum Gasteiger partial charge on any atom is -0.355 e. The van der Waals surface area contributed by atoms with Gasteiger partial charge in [0.05, 0.1) is 6.04 Å². The molecular formula is C14H29N3O. The van der Waals surface area contributed by atoms with Crippen molar-refractivity contribution < 1.29 is 4.79 Å². The van der Waals surface area contributed by atoms with Gasteiger partial charge in [-0.15, -0.1) is 0 Å². The summed E-state index contributed by atoms with van der Waals surface area (Å²) in [4.78, 5) is 14.1. The van der Waals surface area contributed by atoms with Crippen LogP contribution in [-0.4, -0.2) is 43.0 Å². The second-order valence-electron chi connectivity index (χ2n) is 5.30. The van der Waals surface area contributed by atoms with Crippen molar-refractivity contribution in [2.24, 2.45) is 5.73 Å². The van der Waals surface area contributed by atoms with Crippen LogP contribution in [-0.2, 0) is 4.79 Å². The fraction of sp³-hybridized carbons (Fsp3) is 0.929. The van der Waals surface area contributed by atoms with Crippen LogP contribution in [0, 0.1) is 0 Å². The molecule has 1 heterocycles. The highest BCUT2D eigenvalue weighted by Crippen LogP contribution is 2.08. The highest BCUT2D eigenvalue weighted by molar-refractivity contribution is 5.81. The van der Waals surface area contributed by atoms with Gasteiger partial charge in [0.1, 0.15) is 0 Å². The molecule has 0 spiro atoms. The first-order chi connectivity index (χ1) is 8.74. The quantitative estimate of drug-likeness (QED) is 0.646. The maximum absolute atomic E-state index is 11.7. The van der Waals surface area contributed by atoms with Gasteiger partial charge < -0.3 is 16.0 Å². The molecule has 1 saturated heterocycles. The van der Waals surface area contributed by atoms with Crippen LogP contribution in [0.3, 0.4) is 0 Å². The number of amides is 1. The Hall–Kier alpha value is -0.610. The Kier molecular flexibility index (Phi) is 8.01. The molecule has 3 N–H and O–H groups in total. The molecule has 18 heavy (non-hydrogen) atoms. The summed E-state index contributed by atoms with van der Waals surface area (Å²) in [6, 6.07) is -0.320. The number of hydrogen-bond acceptors (Lipinski definition) is 3. The van der Waals surface area contributed by atoms with Crippen LogP contribution in [0.4, 0.5) is 0 Å². The summed E-state index contributed by atoms with van der Waals surface area (Å²) in [5, 5.41) is 2.94. The van der Waals surface area contributed by atoms with Gasteiger partial charge in [0.15, 0.2) is 0 Å². The Balaban J connectivity index is 2.00. The largest absolute Gasteiger partial charge is 0.355 e. The van der Waals surface area contributed by atoms with E-state index in [9.17, 15) is 4.79 Å². The number of nitrogens with one attached hydrogen (secondary N) is 1. The molecular weight excluding hydrogens is 226 g/mol. The lowest BCUT2D eigenvalue weighted by Gasteiger charge is -2.26. The van der Waals surface area contributed by atoms with E-state index in [2.05, 4.69) is 17.1 Å². The normalized spacial score (nSPS) is 18.6. The van der Waals surface area contributed by atoms with E-state index >= 15 is 0 Å². The molecule has 1 aliphatic rings. The van der Waals surface area contributed by atoms with E-state index in [-0.39, 0.29) is 11.9 Å². The second kappa shape index (κ2) is 9.34. The fourth-order valence-corrected chi connectivity index (χ4v) is 2.38. The Morgan fingerprint density at radius 3 is 2.67 bits per heavy atom. The monoisotopic (exact) mass is 255 g/mol. The van der Waals surface area contributed by atoms with Gasteiger partial charge in [-0.2, -0.15) is 0 Å². The van der Waals surface area contributed by atoms with Crippen LogP contribution in [0.1, 0.15) is 51.9 Å². The predicted molar refractivity (Wildman–Crippen MR) is 75.4 cm³/mol. The zero-order chi connectivity index (χ0) is 13.2. The molecule has 0 unspecified atom stereocenters. The van der Waals surface area contributed by atoms with E-state index in [4.69, 9.17) is 5.73 Å². The van der Waals surface area contributed by atoms with Crippen molar-refractivity contribution in [3.8, 4) is 0 Å². The zero-order valence-electron chi connectivity index (χ0n) is 11.8. The molecule has 0 aromatic heterocycles. The van der Waals surface area contributed by atoms with E-state index in [0.29, 0.717) is 0 Å². The summed E-state index contributed by atoms with van der Waals surface area (Å²) in [6.07, 6.45) is 7.99. The first-order valence-corrected chi connectivity index (χ1v) is 7.49. The maximum atomic E-state index is 11.7. The molecule has 4 heteroatoms. The summed E-state index contributed by atoms with van der Waals surface area (Å²) >= 11 is 0. The number of nitrogens with zero attached hydrogens (tertiary/aromatic N) is 1. The average molecular weight is 255 g/mol. The minimum atomic E-state index is -0.320. The summed E-state index contributed by atoms with van der Waals surface area (Å²) in [7, 11) is 0. The van der Waals surface area contributed by atoms with Crippen molar-refractivity contribution in [2.45, 2.75) is 57.9 Å². The van der Waals surface area contributed by atoms with Crippen molar-refractivity contribution >= 4 is 5.91 Å². The third-order valence-corrected chi connectivity index (χ3v) is 3.60. The lowest BCUT2D eigenvalue weighted by molar-refractivity contribution is -0.122. The third-order valence-electron chi connectivity index (χ3n) is 3.60. The summed E-state index contributed by atoms with van der Waals surface area (Å²) in [6.45, 7) is 6.43. The number of piperidine rings is 1. The van der Waals surface area contributed by atoms with Crippen molar-refractivity contribution in [1.29, 1.82) is 0 Å². The molecule has 1 rings (SSSR count). The first kappa shape index (κ1) is 15.4. The standard InChI is InChI=1S/C14H29N3O/c1-2-3-8-13(15)14(18)16-9-7-12-17-10-5-4-6-11-17/h13H,2-12,15H2,1H3,(H,16,18)/t13-/m0/s1. The molecule has 0 aromatic carbocycles. The molecule has 0 aromatic rings. The number of carbonyl (C=O) groups is 1. The topological polar surface area (TPSA) is 58.4 Å². The van der Waals surface area contributed by atoms with Crippen molar-refractivity contribution in [3.05, 3.63) is 0 Å². The predicted octanol–water partition coefficient (Wildman–Crippen LogP) is 1.50. The van der Waals surface area contributed by atoms with E-state index in [1.54, 1.807) is 0 Å². The van der Waals surface area contributed by atoms with Crippen LogP contribution >= 0.6 is 0 Å². The molecule has 0 aliphatic carbocycles. The Morgan fingerprint density at radius 2 is 2.00 bits per heavy atom. The molecule has 1 amide bonds. The van der Waals surface area contributed by atoms with Crippen molar-refractivity contribution in [3.63, 3.8) is 0 Å². The summed E-state index contributed by atoms with van der Waals surface area (Å²) in [5.74, 6) is 0.0158. The number of carbonyl (C=O) groups excluding carboxylic acids is 1. The maximum Gasteiger partial charge on any atom is 0.236 e. The van der Waals surface area contributed by atoms with Crippen LogP contribution < -0.4 is 11.1 Å². The van der Waals surface area contributed by atoms with Gasteiger partial charge in [0.25, 0.3) is 0 Å². The average Bonchev–Trinajstić information content (AvgIpc) is 2.41. The van der Waals surface area contributed by atoms with E-state index in [0.717, 1.165) is 38.8 Å². The Bertz CT molecular complexity index is 227.